The minimum Gasteiger partial charge on any atom is -0.381 e. The van der Waals surface area contributed by atoms with Gasteiger partial charge in [-0.05, 0) is 30.9 Å². The molecule has 1 aliphatic heterocycles. The molecule has 2 heterocycles. The topological polar surface area (TPSA) is 103 Å². The van der Waals surface area contributed by atoms with Crippen LogP contribution in [-0.4, -0.2) is 35.3 Å². The molecule has 1 aliphatic rings. The summed E-state index contributed by atoms with van der Waals surface area (Å²) in [5.74, 6) is 0.966. The lowest BCUT2D eigenvalue weighted by atomic mass is 9.92. The number of carbonyl (C=O) groups excluding carboxylic acids is 1. The molecule has 24 heavy (non-hydrogen) atoms. The molecular weight excluding hydrogens is 332 g/mol. The third-order valence-electron chi connectivity index (χ3n) is 3.99. The second-order valence-corrected chi connectivity index (χ2v) is 5.68. The van der Waals surface area contributed by atoms with Crippen molar-refractivity contribution < 1.29 is 14.1 Å². The van der Waals surface area contributed by atoms with E-state index in [1.807, 2.05) is 18.2 Å². The summed E-state index contributed by atoms with van der Waals surface area (Å²) in [4.78, 5) is 16.5. The van der Waals surface area contributed by atoms with Crippen LogP contribution in [0.2, 0.25) is 0 Å². The summed E-state index contributed by atoms with van der Waals surface area (Å²) in [6.45, 7) is 3.06. The van der Waals surface area contributed by atoms with Crippen molar-refractivity contribution in [1.82, 2.24) is 10.1 Å². The lowest BCUT2D eigenvalue weighted by Gasteiger charge is -2.26. The van der Waals surface area contributed by atoms with Crippen molar-refractivity contribution in [1.29, 1.82) is 0 Å². The lowest BCUT2D eigenvalue weighted by Crippen LogP contribution is -2.44. The van der Waals surface area contributed by atoms with E-state index >= 15 is 0 Å². The summed E-state index contributed by atoms with van der Waals surface area (Å²) in [5, 5.41) is 6.74. The van der Waals surface area contributed by atoms with Crippen molar-refractivity contribution in [3.05, 3.63) is 30.2 Å². The van der Waals surface area contributed by atoms with Crippen molar-refractivity contribution in [2.24, 2.45) is 11.7 Å². The molecule has 1 unspecified atom stereocenters. The number of hydrogen-bond donors (Lipinski definition) is 2. The number of ether oxygens (including phenoxy) is 1. The molecule has 3 N–H and O–H groups in total. The summed E-state index contributed by atoms with van der Waals surface area (Å²) in [6, 6.07) is 6.77. The fourth-order valence-corrected chi connectivity index (χ4v) is 2.67. The van der Waals surface area contributed by atoms with Crippen LogP contribution in [0.5, 0.6) is 0 Å². The van der Waals surface area contributed by atoms with Crippen LogP contribution in [0.3, 0.4) is 0 Å². The van der Waals surface area contributed by atoms with Gasteiger partial charge in [0.15, 0.2) is 0 Å². The first kappa shape index (κ1) is 18.4. The van der Waals surface area contributed by atoms with E-state index in [4.69, 9.17) is 15.0 Å². The maximum Gasteiger partial charge on any atom is 0.241 e. The zero-order valence-corrected chi connectivity index (χ0v) is 14.2. The van der Waals surface area contributed by atoms with Crippen molar-refractivity contribution >= 4 is 24.0 Å². The Balaban J connectivity index is 0.00000208. The molecule has 130 valence electrons. The molecule has 1 aromatic carbocycles. The minimum absolute atomic E-state index is 0. The predicted octanol–water partition coefficient (Wildman–Crippen LogP) is 2.16. The van der Waals surface area contributed by atoms with E-state index in [0.29, 0.717) is 30.6 Å². The van der Waals surface area contributed by atoms with Crippen molar-refractivity contribution in [3.63, 3.8) is 0 Å². The number of amides is 1. The highest BCUT2D eigenvalue weighted by Gasteiger charge is 2.26. The van der Waals surface area contributed by atoms with Gasteiger partial charge in [-0.25, -0.2) is 0 Å². The van der Waals surface area contributed by atoms with Gasteiger partial charge >= 0.3 is 0 Å². The summed E-state index contributed by atoms with van der Waals surface area (Å²) in [6.07, 6.45) is 1.63. The average molecular weight is 353 g/mol. The quantitative estimate of drug-likeness (QED) is 0.873. The fourth-order valence-electron chi connectivity index (χ4n) is 2.67. The van der Waals surface area contributed by atoms with E-state index in [0.717, 1.165) is 18.4 Å². The highest BCUT2D eigenvalue weighted by atomic mass is 35.5. The third-order valence-corrected chi connectivity index (χ3v) is 3.99. The zero-order chi connectivity index (χ0) is 16.2. The smallest absolute Gasteiger partial charge is 0.241 e. The van der Waals surface area contributed by atoms with Crippen LogP contribution in [0.1, 0.15) is 18.7 Å². The molecule has 0 aliphatic carbocycles. The van der Waals surface area contributed by atoms with E-state index in [2.05, 4.69) is 15.5 Å². The van der Waals surface area contributed by atoms with Gasteiger partial charge in [0.25, 0.3) is 0 Å². The number of hydrogen-bond acceptors (Lipinski definition) is 6. The Morgan fingerprint density at radius 2 is 2.12 bits per heavy atom. The number of benzene rings is 1. The van der Waals surface area contributed by atoms with Crippen LogP contribution in [0.4, 0.5) is 5.69 Å². The molecule has 1 aromatic heterocycles. The Morgan fingerprint density at radius 1 is 1.38 bits per heavy atom. The van der Waals surface area contributed by atoms with Crippen molar-refractivity contribution in [2.45, 2.75) is 25.8 Å². The molecule has 0 radical (unpaired) electrons. The van der Waals surface area contributed by atoms with Gasteiger partial charge in [-0.3, -0.25) is 4.79 Å². The number of nitrogens with one attached hydrogen (secondary N) is 1. The molecule has 1 saturated heterocycles. The van der Waals surface area contributed by atoms with E-state index in [9.17, 15) is 4.79 Å². The van der Waals surface area contributed by atoms with Crippen LogP contribution in [-0.2, 0) is 9.53 Å². The molecular formula is C16H21ClN4O3. The number of aromatic nitrogens is 2. The number of anilines is 1. The number of nitrogens with two attached hydrogens (primary N) is 1. The number of carbonyl (C=O) groups is 1. The van der Waals surface area contributed by atoms with E-state index in [1.165, 1.54) is 0 Å². The van der Waals surface area contributed by atoms with Crippen LogP contribution >= 0.6 is 12.4 Å². The summed E-state index contributed by atoms with van der Waals surface area (Å²) >= 11 is 0. The second-order valence-electron chi connectivity index (χ2n) is 5.68. The van der Waals surface area contributed by atoms with Gasteiger partial charge in [0.2, 0.25) is 17.6 Å². The van der Waals surface area contributed by atoms with Crippen molar-refractivity contribution in [3.8, 4) is 11.4 Å². The largest absolute Gasteiger partial charge is 0.381 e. The van der Waals surface area contributed by atoms with E-state index < -0.39 is 6.04 Å². The number of nitrogens with zero attached hydrogens (tertiary/aromatic N) is 2. The number of aryl methyl sites for hydroxylation is 1. The Morgan fingerprint density at radius 3 is 2.79 bits per heavy atom. The molecule has 1 atom stereocenters. The number of rotatable bonds is 4. The summed E-state index contributed by atoms with van der Waals surface area (Å²) < 4.78 is 10.3. The standard InChI is InChI=1S/C16H20N4O3.ClH/c1-10-18-15(20-23-10)12-3-2-4-13(9-12)19-16(21)14(17)11-5-7-22-8-6-11;/h2-4,9,11,14H,5-8,17H2,1H3,(H,19,21);1H. The van der Waals surface area contributed by atoms with Gasteiger partial charge < -0.3 is 20.3 Å². The summed E-state index contributed by atoms with van der Waals surface area (Å²) in [7, 11) is 0. The molecule has 0 spiro atoms. The Kier molecular flexibility index (Phi) is 6.30. The van der Waals surface area contributed by atoms with Gasteiger partial charge in [0.05, 0.1) is 6.04 Å². The van der Waals surface area contributed by atoms with Gasteiger partial charge in [-0.2, -0.15) is 4.98 Å². The molecule has 1 amide bonds. The van der Waals surface area contributed by atoms with Gasteiger partial charge in [-0.1, -0.05) is 17.3 Å². The fraction of sp³-hybridized carbons (Fsp3) is 0.438. The molecule has 3 rings (SSSR count). The van der Waals surface area contributed by atoms with E-state index in [1.54, 1.807) is 13.0 Å². The molecule has 0 bridgehead atoms. The first-order valence-corrected chi connectivity index (χ1v) is 7.68. The number of halogens is 1. The van der Waals surface area contributed by atoms with Crippen LogP contribution in [0.15, 0.2) is 28.8 Å². The van der Waals surface area contributed by atoms with Crippen LogP contribution in [0.25, 0.3) is 11.4 Å². The molecule has 2 aromatic rings. The third kappa shape index (κ3) is 4.31. The lowest BCUT2D eigenvalue weighted by molar-refractivity contribution is -0.119. The maximum absolute atomic E-state index is 12.3. The van der Waals surface area contributed by atoms with E-state index in [-0.39, 0.29) is 24.2 Å². The minimum atomic E-state index is -0.532. The first-order chi connectivity index (χ1) is 11.1. The molecule has 7 nitrogen and oxygen atoms in total. The predicted molar refractivity (Wildman–Crippen MR) is 91.9 cm³/mol. The van der Waals surface area contributed by atoms with Crippen LogP contribution in [0, 0.1) is 12.8 Å². The van der Waals surface area contributed by atoms with Gasteiger partial charge in [0, 0.05) is 31.4 Å². The average Bonchev–Trinajstić information content (AvgIpc) is 3.02. The zero-order valence-electron chi connectivity index (χ0n) is 13.4. The normalized spacial score (nSPS) is 16.2. The Bertz CT molecular complexity index is 685. The monoisotopic (exact) mass is 352 g/mol. The Labute approximate surface area is 146 Å². The van der Waals surface area contributed by atoms with Crippen molar-refractivity contribution in [2.75, 3.05) is 18.5 Å². The molecule has 1 fully saturated rings. The maximum atomic E-state index is 12.3. The van der Waals surface area contributed by atoms with Gasteiger partial charge in [0.1, 0.15) is 0 Å². The second kappa shape index (κ2) is 8.23. The Hall–Kier alpha value is -1.96. The SMILES string of the molecule is Cc1nc(-c2cccc(NC(=O)C(N)C3CCOCC3)c2)no1.Cl. The highest BCUT2D eigenvalue weighted by molar-refractivity contribution is 5.95. The summed E-state index contributed by atoms with van der Waals surface area (Å²) in [5.41, 5.74) is 7.53. The highest BCUT2D eigenvalue weighted by Crippen LogP contribution is 2.22. The first-order valence-electron chi connectivity index (χ1n) is 7.68. The molecule has 0 saturated carbocycles. The van der Waals surface area contributed by atoms with Gasteiger partial charge in [-0.15, -0.1) is 12.4 Å². The van der Waals surface area contributed by atoms with Crippen LogP contribution < -0.4 is 11.1 Å². The molecule has 8 heteroatoms.